The van der Waals surface area contributed by atoms with E-state index in [9.17, 15) is 8.42 Å². The van der Waals surface area contributed by atoms with E-state index in [4.69, 9.17) is 15.4 Å². The zero-order valence-corrected chi connectivity index (χ0v) is 10.7. The second-order valence-corrected chi connectivity index (χ2v) is 7.23. The summed E-state index contributed by atoms with van der Waals surface area (Å²) in [6.07, 6.45) is 6.31. The van der Waals surface area contributed by atoms with Crippen LogP contribution in [-0.4, -0.2) is 26.9 Å². The van der Waals surface area contributed by atoms with E-state index >= 15 is 0 Å². The van der Waals surface area contributed by atoms with Gasteiger partial charge in [0, 0.05) is 10.7 Å². The molecule has 3 nitrogen and oxygen atoms in total. The molecule has 0 aromatic rings. The van der Waals surface area contributed by atoms with E-state index in [0.717, 1.165) is 12.8 Å². The normalized spacial score (nSPS) is 21.5. The van der Waals surface area contributed by atoms with E-state index in [0.29, 0.717) is 12.7 Å². The van der Waals surface area contributed by atoms with Gasteiger partial charge in [-0.2, -0.15) is 0 Å². The molecule has 0 N–H and O–H groups in total. The Kier molecular flexibility index (Phi) is 5.36. The molecule has 1 aliphatic rings. The lowest BCUT2D eigenvalue weighted by molar-refractivity contribution is 0.0142. The largest absolute Gasteiger partial charge is 0.378 e. The first-order valence-corrected chi connectivity index (χ1v) is 7.99. The lowest BCUT2D eigenvalue weighted by Gasteiger charge is -2.23. The number of halogens is 1. The Morgan fingerprint density at radius 2 is 1.93 bits per heavy atom. The average molecular weight is 255 g/mol. The van der Waals surface area contributed by atoms with Crippen LogP contribution in [0.25, 0.3) is 0 Å². The van der Waals surface area contributed by atoms with Crippen LogP contribution in [-0.2, 0) is 13.8 Å². The van der Waals surface area contributed by atoms with Crippen LogP contribution in [0.2, 0.25) is 0 Å². The summed E-state index contributed by atoms with van der Waals surface area (Å²) in [7, 11) is 1.78. The van der Waals surface area contributed by atoms with Crippen LogP contribution < -0.4 is 0 Å². The zero-order chi connectivity index (χ0) is 11.3. The molecule has 0 aromatic heterocycles. The molecule has 1 fully saturated rings. The van der Waals surface area contributed by atoms with E-state index in [1.165, 1.54) is 19.3 Å². The fourth-order valence-corrected chi connectivity index (χ4v) is 3.34. The van der Waals surface area contributed by atoms with Crippen molar-refractivity contribution in [1.82, 2.24) is 0 Å². The molecule has 0 radical (unpaired) electrons. The van der Waals surface area contributed by atoms with Crippen LogP contribution in [0.15, 0.2) is 0 Å². The summed E-state index contributed by atoms with van der Waals surface area (Å²) in [5.41, 5.74) is 0. The van der Waals surface area contributed by atoms with Gasteiger partial charge in [-0.3, -0.25) is 0 Å². The molecule has 0 aliphatic heterocycles. The van der Waals surface area contributed by atoms with Gasteiger partial charge in [0.2, 0.25) is 9.05 Å². The van der Waals surface area contributed by atoms with Crippen molar-refractivity contribution in [2.45, 2.75) is 45.1 Å². The van der Waals surface area contributed by atoms with Gasteiger partial charge in [0.05, 0.1) is 18.5 Å². The summed E-state index contributed by atoms with van der Waals surface area (Å²) < 4.78 is 27.3. The van der Waals surface area contributed by atoms with Crippen LogP contribution in [0.3, 0.4) is 0 Å². The highest BCUT2D eigenvalue weighted by Crippen LogP contribution is 2.21. The molecule has 1 rings (SSSR count). The van der Waals surface area contributed by atoms with Crippen molar-refractivity contribution in [3.8, 4) is 0 Å². The molecule has 0 heterocycles. The minimum atomic E-state index is -3.38. The second-order valence-electron chi connectivity index (χ2n) is 4.40. The third kappa shape index (κ3) is 6.38. The second kappa shape index (κ2) is 6.06. The number of ether oxygens (including phenoxy) is 1. The van der Waals surface area contributed by atoms with Crippen molar-refractivity contribution < 1.29 is 13.2 Å². The van der Waals surface area contributed by atoms with Crippen molar-refractivity contribution in [1.29, 1.82) is 0 Å². The van der Waals surface area contributed by atoms with Crippen LogP contribution in [0, 0.1) is 5.92 Å². The van der Waals surface area contributed by atoms with Crippen molar-refractivity contribution in [2.75, 3.05) is 12.4 Å². The summed E-state index contributed by atoms with van der Waals surface area (Å²) in [5, 5.41) is 0. The van der Waals surface area contributed by atoms with Gasteiger partial charge in [0.25, 0.3) is 0 Å². The molecule has 15 heavy (non-hydrogen) atoms. The van der Waals surface area contributed by atoms with E-state index in [-0.39, 0.29) is 11.7 Å². The Morgan fingerprint density at radius 3 is 2.47 bits per heavy atom. The predicted molar refractivity (Wildman–Crippen MR) is 61.6 cm³/mol. The molecule has 0 spiro atoms. The maximum atomic E-state index is 10.8. The van der Waals surface area contributed by atoms with Crippen molar-refractivity contribution in [2.24, 2.45) is 5.92 Å². The van der Waals surface area contributed by atoms with E-state index < -0.39 is 9.05 Å². The SMILES string of the molecule is CC(COC1CCCCC1)CS(=O)(=O)Cl. The summed E-state index contributed by atoms with van der Waals surface area (Å²) >= 11 is 0. The van der Waals surface area contributed by atoms with Crippen LogP contribution >= 0.6 is 10.7 Å². The lowest BCUT2D eigenvalue weighted by Crippen LogP contribution is -2.22. The quantitative estimate of drug-likeness (QED) is 0.708. The van der Waals surface area contributed by atoms with E-state index in [1.54, 1.807) is 0 Å². The Hall–Kier alpha value is 0.200. The number of rotatable bonds is 5. The third-order valence-corrected chi connectivity index (χ3v) is 4.00. The Morgan fingerprint density at radius 1 is 1.33 bits per heavy atom. The standard InChI is InChI=1S/C10H19ClO3S/c1-9(8-15(11,12)13)7-14-10-5-3-2-4-6-10/h9-10H,2-8H2,1H3. The first-order chi connectivity index (χ1) is 6.97. The third-order valence-electron chi connectivity index (χ3n) is 2.65. The molecule has 1 unspecified atom stereocenters. The maximum Gasteiger partial charge on any atom is 0.232 e. The van der Waals surface area contributed by atoms with E-state index in [1.807, 2.05) is 6.92 Å². The Bertz CT molecular complexity index is 270. The monoisotopic (exact) mass is 254 g/mol. The van der Waals surface area contributed by atoms with Gasteiger partial charge >= 0.3 is 0 Å². The average Bonchev–Trinajstić information content (AvgIpc) is 2.14. The molecule has 0 amide bonds. The Balaban J connectivity index is 2.18. The maximum absolute atomic E-state index is 10.8. The van der Waals surface area contributed by atoms with Crippen LogP contribution in [0.1, 0.15) is 39.0 Å². The summed E-state index contributed by atoms with van der Waals surface area (Å²) in [6.45, 7) is 2.35. The molecule has 1 saturated carbocycles. The minimum Gasteiger partial charge on any atom is -0.378 e. The van der Waals surface area contributed by atoms with Crippen molar-refractivity contribution in [3.05, 3.63) is 0 Å². The van der Waals surface area contributed by atoms with Gasteiger partial charge in [0.1, 0.15) is 0 Å². The first-order valence-electron chi connectivity index (χ1n) is 5.51. The summed E-state index contributed by atoms with van der Waals surface area (Å²) in [5.74, 6) is -0.0178. The molecule has 1 aliphatic carbocycles. The fourth-order valence-electron chi connectivity index (χ4n) is 1.92. The lowest BCUT2D eigenvalue weighted by atomic mass is 9.98. The molecule has 0 aromatic carbocycles. The molecule has 5 heteroatoms. The molecule has 90 valence electrons. The number of hydrogen-bond donors (Lipinski definition) is 0. The highest BCUT2D eigenvalue weighted by molar-refractivity contribution is 8.13. The van der Waals surface area contributed by atoms with Gasteiger partial charge in [-0.05, 0) is 18.8 Å². The van der Waals surface area contributed by atoms with Gasteiger partial charge in [-0.25, -0.2) is 8.42 Å². The zero-order valence-electron chi connectivity index (χ0n) is 9.12. The summed E-state index contributed by atoms with van der Waals surface area (Å²) in [6, 6.07) is 0. The molecule has 0 bridgehead atoms. The highest BCUT2D eigenvalue weighted by Gasteiger charge is 2.17. The van der Waals surface area contributed by atoms with Gasteiger partial charge in [0.15, 0.2) is 0 Å². The van der Waals surface area contributed by atoms with E-state index in [2.05, 4.69) is 0 Å². The van der Waals surface area contributed by atoms with Crippen LogP contribution in [0.5, 0.6) is 0 Å². The number of hydrogen-bond acceptors (Lipinski definition) is 3. The van der Waals surface area contributed by atoms with Gasteiger partial charge < -0.3 is 4.74 Å². The predicted octanol–water partition coefficient (Wildman–Crippen LogP) is 2.54. The highest BCUT2D eigenvalue weighted by atomic mass is 35.7. The van der Waals surface area contributed by atoms with Gasteiger partial charge in [-0.15, -0.1) is 0 Å². The van der Waals surface area contributed by atoms with Crippen molar-refractivity contribution >= 4 is 19.7 Å². The molecular formula is C10H19ClO3S. The van der Waals surface area contributed by atoms with Crippen molar-refractivity contribution in [3.63, 3.8) is 0 Å². The minimum absolute atomic E-state index is 0.00127. The first kappa shape index (κ1) is 13.3. The van der Waals surface area contributed by atoms with Crippen LogP contribution in [0.4, 0.5) is 0 Å². The molecule has 1 atom stereocenters. The summed E-state index contributed by atoms with van der Waals surface area (Å²) in [4.78, 5) is 0. The molecule has 0 saturated heterocycles. The Labute approximate surface area is 96.6 Å². The topological polar surface area (TPSA) is 43.4 Å². The smallest absolute Gasteiger partial charge is 0.232 e. The molecular weight excluding hydrogens is 236 g/mol. The van der Waals surface area contributed by atoms with Gasteiger partial charge in [-0.1, -0.05) is 26.2 Å². The fraction of sp³-hybridized carbons (Fsp3) is 1.00.